The Hall–Kier alpha value is -1.88. The Labute approximate surface area is 111 Å². The van der Waals surface area contributed by atoms with E-state index < -0.39 is 5.97 Å². The Kier molecular flexibility index (Phi) is 4.16. The number of carbonyl (C=O) groups is 2. The minimum Gasteiger partial charge on any atom is -0.478 e. The minimum atomic E-state index is -0.972. The third-order valence-corrected chi connectivity index (χ3v) is 3.18. The van der Waals surface area contributed by atoms with Gasteiger partial charge >= 0.3 is 5.97 Å². The number of carboxylic acid groups (broad SMARTS) is 1. The molecule has 1 saturated heterocycles. The van der Waals surface area contributed by atoms with Gasteiger partial charge in [-0.3, -0.25) is 4.79 Å². The standard InChI is InChI=1S/C14H17NO4/c1-9-7-10(14(17)18)4-5-12(9)15-13(16)8-11-3-2-6-19-11/h4-5,7,11H,2-3,6,8H2,1H3,(H,15,16)(H,17,18). The summed E-state index contributed by atoms with van der Waals surface area (Å²) in [7, 11) is 0. The summed E-state index contributed by atoms with van der Waals surface area (Å²) in [5.74, 6) is -1.07. The van der Waals surface area contributed by atoms with Gasteiger partial charge in [-0.15, -0.1) is 0 Å². The molecule has 19 heavy (non-hydrogen) atoms. The van der Waals surface area contributed by atoms with E-state index in [0.29, 0.717) is 12.1 Å². The number of amides is 1. The number of nitrogens with one attached hydrogen (secondary N) is 1. The first-order valence-electron chi connectivity index (χ1n) is 6.31. The number of hydrogen-bond donors (Lipinski definition) is 2. The van der Waals surface area contributed by atoms with E-state index in [1.54, 1.807) is 19.1 Å². The molecule has 1 aliphatic heterocycles. The first-order chi connectivity index (χ1) is 9.06. The van der Waals surface area contributed by atoms with Gasteiger partial charge in [0.05, 0.1) is 18.1 Å². The number of ether oxygens (including phenoxy) is 1. The van der Waals surface area contributed by atoms with Crippen LogP contribution in [0.1, 0.15) is 35.2 Å². The number of aryl methyl sites for hydroxylation is 1. The van der Waals surface area contributed by atoms with Gasteiger partial charge in [0.2, 0.25) is 5.91 Å². The second-order valence-corrected chi connectivity index (χ2v) is 4.72. The molecule has 1 aromatic rings. The van der Waals surface area contributed by atoms with Crippen LogP contribution >= 0.6 is 0 Å². The van der Waals surface area contributed by atoms with Gasteiger partial charge in [-0.1, -0.05) is 0 Å². The predicted octanol–water partition coefficient (Wildman–Crippen LogP) is 2.20. The Bertz CT molecular complexity index is 492. The van der Waals surface area contributed by atoms with Crippen LogP contribution in [0.4, 0.5) is 5.69 Å². The molecule has 1 heterocycles. The monoisotopic (exact) mass is 263 g/mol. The molecular formula is C14H17NO4. The maximum absolute atomic E-state index is 11.8. The minimum absolute atomic E-state index is 0.0126. The van der Waals surface area contributed by atoms with Crippen LogP contribution in [0.5, 0.6) is 0 Å². The molecule has 0 aromatic heterocycles. The highest BCUT2D eigenvalue weighted by Crippen LogP contribution is 2.19. The zero-order valence-electron chi connectivity index (χ0n) is 10.8. The van der Waals surface area contributed by atoms with Gasteiger partial charge in [-0.2, -0.15) is 0 Å². The molecule has 0 spiro atoms. The van der Waals surface area contributed by atoms with E-state index >= 15 is 0 Å². The summed E-state index contributed by atoms with van der Waals surface area (Å²) in [5.41, 5.74) is 1.60. The van der Waals surface area contributed by atoms with Crippen LogP contribution in [-0.2, 0) is 9.53 Å². The highest BCUT2D eigenvalue weighted by molar-refractivity contribution is 5.93. The summed E-state index contributed by atoms with van der Waals surface area (Å²) in [6, 6.07) is 4.65. The fourth-order valence-electron chi connectivity index (χ4n) is 2.15. The number of anilines is 1. The Balaban J connectivity index is 1.98. The van der Waals surface area contributed by atoms with Crippen molar-refractivity contribution in [1.29, 1.82) is 0 Å². The molecule has 1 unspecified atom stereocenters. The van der Waals surface area contributed by atoms with Crippen molar-refractivity contribution in [2.45, 2.75) is 32.3 Å². The first kappa shape index (κ1) is 13.5. The number of hydrogen-bond acceptors (Lipinski definition) is 3. The molecule has 0 radical (unpaired) electrons. The van der Waals surface area contributed by atoms with Crippen molar-refractivity contribution >= 4 is 17.6 Å². The fourth-order valence-corrected chi connectivity index (χ4v) is 2.15. The van der Waals surface area contributed by atoms with Crippen LogP contribution in [0, 0.1) is 6.92 Å². The molecule has 0 saturated carbocycles. The molecule has 2 rings (SSSR count). The van der Waals surface area contributed by atoms with Crippen LogP contribution in [0.2, 0.25) is 0 Å². The number of aromatic carboxylic acids is 1. The van der Waals surface area contributed by atoms with E-state index in [1.807, 2.05) is 0 Å². The van der Waals surface area contributed by atoms with Gasteiger partial charge in [0.15, 0.2) is 0 Å². The van der Waals surface area contributed by atoms with Crippen molar-refractivity contribution in [2.75, 3.05) is 11.9 Å². The molecule has 5 heteroatoms. The summed E-state index contributed by atoms with van der Waals surface area (Å²) in [6.07, 6.45) is 2.29. The van der Waals surface area contributed by atoms with Crippen LogP contribution in [0.3, 0.4) is 0 Å². The number of carbonyl (C=O) groups excluding carboxylic acids is 1. The topological polar surface area (TPSA) is 75.6 Å². The van der Waals surface area contributed by atoms with E-state index in [4.69, 9.17) is 9.84 Å². The number of benzene rings is 1. The molecule has 2 N–H and O–H groups in total. The molecule has 1 atom stereocenters. The highest BCUT2D eigenvalue weighted by atomic mass is 16.5. The Morgan fingerprint density at radius 2 is 2.26 bits per heavy atom. The second kappa shape index (κ2) is 5.84. The summed E-state index contributed by atoms with van der Waals surface area (Å²) in [5, 5.41) is 11.7. The van der Waals surface area contributed by atoms with Crippen LogP contribution in [-0.4, -0.2) is 29.7 Å². The largest absolute Gasteiger partial charge is 0.478 e. The van der Waals surface area contributed by atoms with Gasteiger partial charge in [0, 0.05) is 12.3 Å². The molecule has 1 aliphatic rings. The summed E-state index contributed by atoms with van der Waals surface area (Å²) >= 11 is 0. The van der Waals surface area contributed by atoms with Crippen LogP contribution in [0.15, 0.2) is 18.2 Å². The quantitative estimate of drug-likeness (QED) is 0.873. The molecule has 1 amide bonds. The van der Waals surface area contributed by atoms with Gasteiger partial charge < -0.3 is 15.2 Å². The molecule has 102 valence electrons. The van der Waals surface area contributed by atoms with Crippen molar-refractivity contribution in [2.24, 2.45) is 0 Å². The van der Waals surface area contributed by atoms with E-state index in [9.17, 15) is 9.59 Å². The smallest absolute Gasteiger partial charge is 0.335 e. The summed E-state index contributed by atoms with van der Waals surface area (Å²) < 4.78 is 5.40. The third kappa shape index (κ3) is 3.54. The number of rotatable bonds is 4. The van der Waals surface area contributed by atoms with Crippen molar-refractivity contribution in [3.63, 3.8) is 0 Å². The lowest BCUT2D eigenvalue weighted by Gasteiger charge is -2.12. The van der Waals surface area contributed by atoms with E-state index in [2.05, 4.69) is 5.32 Å². The maximum Gasteiger partial charge on any atom is 0.335 e. The maximum atomic E-state index is 11.8. The molecular weight excluding hydrogens is 246 g/mol. The Morgan fingerprint density at radius 1 is 1.47 bits per heavy atom. The zero-order chi connectivity index (χ0) is 13.8. The summed E-state index contributed by atoms with van der Waals surface area (Å²) in [6.45, 7) is 2.50. The molecule has 1 aromatic carbocycles. The van der Waals surface area contributed by atoms with Crippen LogP contribution < -0.4 is 5.32 Å². The average molecular weight is 263 g/mol. The predicted molar refractivity (Wildman–Crippen MR) is 70.4 cm³/mol. The SMILES string of the molecule is Cc1cc(C(=O)O)ccc1NC(=O)CC1CCCO1. The zero-order valence-corrected chi connectivity index (χ0v) is 10.8. The van der Waals surface area contributed by atoms with Gasteiger partial charge in [0.25, 0.3) is 0 Å². The fraction of sp³-hybridized carbons (Fsp3) is 0.429. The van der Waals surface area contributed by atoms with Crippen molar-refractivity contribution in [1.82, 2.24) is 0 Å². The number of carboxylic acids is 1. The second-order valence-electron chi connectivity index (χ2n) is 4.72. The van der Waals surface area contributed by atoms with E-state index in [0.717, 1.165) is 25.0 Å². The molecule has 0 aliphatic carbocycles. The summed E-state index contributed by atoms with van der Waals surface area (Å²) in [4.78, 5) is 22.6. The van der Waals surface area contributed by atoms with Gasteiger partial charge in [0.1, 0.15) is 0 Å². The average Bonchev–Trinajstić information content (AvgIpc) is 2.84. The highest BCUT2D eigenvalue weighted by Gasteiger charge is 2.19. The van der Waals surface area contributed by atoms with Gasteiger partial charge in [-0.25, -0.2) is 4.79 Å². The van der Waals surface area contributed by atoms with Crippen LogP contribution in [0.25, 0.3) is 0 Å². The molecule has 0 bridgehead atoms. The lowest BCUT2D eigenvalue weighted by molar-refractivity contribution is -0.118. The lowest BCUT2D eigenvalue weighted by Crippen LogP contribution is -2.19. The molecule has 1 fully saturated rings. The van der Waals surface area contributed by atoms with E-state index in [-0.39, 0.29) is 17.6 Å². The van der Waals surface area contributed by atoms with Gasteiger partial charge in [-0.05, 0) is 43.5 Å². The van der Waals surface area contributed by atoms with Crippen molar-refractivity contribution in [3.05, 3.63) is 29.3 Å². The van der Waals surface area contributed by atoms with Crippen molar-refractivity contribution < 1.29 is 19.4 Å². The van der Waals surface area contributed by atoms with Crippen molar-refractivity contribution in [3.8, 4) is 0 Å². The van der Waals surface area contributed by atoms with E-state index in [1.165, 1.54) is 6.07 Å². The first-order valence-corrected chi connectivity index (χ1v) is 6.31. The third-order valence-electron chi connectivity index (χ3n) is 3.18. The lowest BCUT2D eigenvalue weighted by atomic mass is 10.1. The normalized spacial score (nSPS) is 18.3. The molecule has 5 nitrogen and oxygen atoms in total. The Morgan fingerprint density at radius 3 is 2.84 bits per heavy atom.